The number of rotatable bonds is 5. The van der Waals surface area contributed by atoms with Crippen LogP contribution in [0, 0.1) is 0 Å². The molecule has 0 saturated heterocycles. The van der Waals surface area contributed by atoms with E-state index < -0.39 is 0 Å². The van der Waals surface area contributed by atoms with Crippen molar-refractivity contribution in [1.82, 2.24) is 10.1 Å². The highest BCUT2D eigenvalue weighted by molar-refractivity contribution is 6.30. The minimum absolute atomic E-state index is 0.0260. The number of nitrogens with one attached hydrogen (secondary N) is 1. The van der Waals surface area contributed by atoms with Gasteiger partial charge in [-0.2, -0.15) is 4.98 Å². The molecule has 7 nitrogen and oxygen atoms in total. The Kier molecular flexibility index (Phi) is 5.31. The summed E-state index contributed by atoms with van der Waals surface area (Å²) in [7, 11) is 0. The van der Waals surface area contributed by atoms with E-state index in [1.807, 2.05) is 30.3 Å². The van der Waals surface area contributed by atoms with Gasteiger partial charge in [-0.15, -0.1) is 0 Å². The van der Waals surface area contributed by atoms with Gasteiger partial charge in [0.05, 0.1) is 0 Å². The van der Waals surface area contributed by atoms with Gasteiger partial charge >= 0.3 is 0 Å². The number of aromatic nitrogens is 2. The van der Waals surface area contributed by atoms with Gasteiger partial charge in [-0.1, -0.05) is 16.8 Å². The first kappa shape index (κ1) is 19.1. The Hall–Kier alpha value is -3.19. The second kappa shape index (κ2) is 8.05. The molecule has 0 unspecified atom stereocenters. The molecule has 4 rings (SSSR count). The van der Waals surface area contributed by atoms with Crippen molar-refractivity contribution in [3.8, 4) is 11.4 Å². The first-order chi connectivity index (χ1) is 14.0. The zero-order chi connectivity index (χ0) is 20.4. The maximum absolute atomic E-state index is 12.3. The fourth-order valence-electron chi connectivity index (χ4n) is 3.32. The first-order valence-electron chi connectivity index (χ1n) is 9.29. The number of aryl methyl sites for hydroxylation is 1. The summed E-state index contributed by atoms with van der Waals surface area (Å²) < 4.78 is 5.23. The predicted octanol–water partition coefficient (Wildman–Crippen LogP) is 3.87. The molecule has 2 heterocycles. The van der Waals surface area contributed by atoms with Crippen molar-refractivity contribution in [2.75, 3.05) is 16.8 Å². The lowest BCUT2D eigenvalue weighted by atomic mass is 10.1. The molecule has 2 amide bonds. The fraction of sp³-hybridized carbons (Fsp3) is 0.238. The normalized spacial score (nSPS) is 12.7. The minimum atomic E-state index is -0.141. The molecule has 0 fully saturated rings. The molecule has 0 saturated carbocycles. The number of anilines is 2. The van der Waals surface area contributed by atoms with Crippen molar-refractivity contribution in [2.45, 2.75) is 26.2 Å². The van der Waals surface area contributed by atoms with Gasteiger partial charge in [0, 0.05) is 48.3 Å². The Morgan fingerprint density at radius 3 is 2.76 bits per heavy atom. The van der Waals surface area contributed by atoms with E-state index in [1.54, 1.807) is 24.0 Å². The monoisotopic (exact) mass is 410 g/mol. The molecule has 29 heavy (non-hydrogen) atoms. The number of hydrogen-bond acceptors (Lipinski definition) is 5. The molecule has 0 aliphatic carbocycles. The van der Waals surface area contributed by atoms with Crippen LogP contribution in [0.1, 0.15) is 24.8 Å². The number of fused-ring (bicyclic) bond motifs is 1. The molecule has 3 aromatic rings. The highest BCUT2D eigenvalue weighted by Crippen LogP contribution is 2.30. The number of carbonyl (C=O) groups excluding carboxylic acids is 2. The van der Waals surface area contributed by atoms with Crippen LogP contribution in [0.4, 0.5) is 11.4 Å². The van der Waals surface area contributed by atoms with Gasteiger partial charge in [-0.3, -0.25) is 9.59 Å². The van der Waals surface area contributed by atoms with Crippen LogP contribution in [-0.4, -0.2) is 28.5 Å². The molecular weight excluding hydrogens is 392 g/mol. The second-order valence-electron chi connectivity index (χ2n) is 6.83. The zero-order valence-corrected chi connectivity index (χ0v) is 16.6. The number of amides is 2. The van der Waals surface area contributed by atoms with Crippen LogP contribution in [0.2, 0.25) is 5.02 Å². The molecule has 8 heteroatoms. The molecule has 0 bridgehead atoms. The lowest BCUT2D eigenvalue weighted by molar-refractivity contribution is -0.117. The lowest BCUT2D eigenvalue weighted by Crippen LogP contribution is -2.25. The summed E-state index contributed by atoms with van der Waals surface area (Å²) in [5.74, 6) is 0.748. The summed E-state index contributed by atoms with van der Waals surface area (Å²) >= 11 is 5.88. The average Bonchev–Trinajstić information content (AvgIpc) is 3.34. The van der Waals surface area contributed by atoms with Crippen LogP contribution in [-0.2, 0) is 22.4 Å². The van der Waals surface area contributed by atoms with E-state index >= 15 is 0 Å². The average molecular weight is 411 g/mol. The van der Waals surface area contributed by atoms with Crippen molar-refractivity contribution in [3.63, 3.8) is 0 Å². The molecule has 0 radical (unpaired) electrons. The topological polar surface area (TPSA) is 88.3 Å². The third kappa shape index (κ3) is 4.30. The maximum Gasteiger partial charge on any atom is 0.227 e. The molecule has 1 aliphatic heterocycles. The summed E-state index contributed by atoms with van der Waals surface area (Å²) in [6.45, 7) is 2.23. The van der Waals surface area contributed by atoms with Crippen LogP contribution >= 0.6 is 11.6 Å². The number of nitrogens with zero attached hydrogens (tertiary/aromatic N) is 3. The highest BCUT2D eigenvalue weighted by atomic mass is 35.5. The first-order valence-corrected chi connectivity index (χ1v) is 9.67. The Bertz CT molecular complexity index is 1060. The smallest absolute Gasteiger partial charge is 0.227 e. The van der Waals surface area contributed by atoms with Gasteiger partial charge in [-0.25, -0.2) is 0 Å². The van der Waals surface area contributed by atoms with E-state index in [2.05, 4.69) is 15.5 Å². The van der Waals surface area contributed by atoms with E-state index in [0.717, 1.165) is 23.2 Å². The Balaban J connectivity index is 1.34. The van der Waals surface area contributed by atoms with Crippen LogP contribution in [0.25, 0.3) is 11.4 Å². The molecular formula is C21H19ClN4O3. The molecule has 1 aromatic heterocycles. The number of carbonyl (C=O) groups is 2. The van der Waals surface area contributed by atoms with Crippen LogP contribution in [0.3, 0.4) is 0 Å². The minimum Gasteiger partial charge on any atom is -0.339 e. The van der Waals surface area contributed by atoms with Crippen molar-refractivity contribution in [3.05, 3.63) is 58.9 Å². The van der Waals surface area contributed by atoms with Gasteiger partial charge in [0.1, 0.15) is 0 Å². The molecule has 0 spiro atoms. The Morgan fingerprint density at radius 2 is 2.00 bits per heavy atom. The molecule has 1 N–H and O–H groups in total. The van der Waals surface area contributed by atoms with Gasteiger partial charge in [0.2, 0.25) is 23.5 Å². The third-order valence-corrected chi connectivity index (χ3v) is 5.03. The maximum atomic E-state index is 12.3. The molecule has 0 atom stereocenters. The number of halogens is 1. The van der Waals surface area contributed by atoms with Gasteiger partial charge in [-0.05, 0) is 54.4 Å². The third-order valence-electron chi connectivity index (χ3n) is 4.78. The predicted molar refractivity (Wildman–Crippen MR) is 110 cm³/mol. The fourth-order valence-corrected chi connectivity index (χ4v) is 3.45. The van der Waals surface area contributed by atoms with Crippen LogP contribution < -0.4 is 10.2 Å². The Morgan fingerprint density at radius 1 is 1.21 bits per heavy atom. The molecule has 148 valence electrons. The SMILES string of the molecule is CC(=O)N1CCc2cc(NC(=O)CCc3nc(-c4ccc(Cl)cc4)no3)ccc21. The summed E-state index contributed by atoms with van der Waals surface area (Å²) in [6, 6.07) is 12.7. The van der Waals surface area contributed by atoms with Crippen LogP contribution in [0.5, 0.6) is 0 Å². The van der Waals surface area contributed by atoms with E-state index in [1.165, 1.54) is 0 Å². The van der Waals surface area contributed by atoms with E-state index in [-0.39, 0.29) is 18.2 Å². The summed E-state index contributed by atoms with van der Waals surface area (Å²) in [6.07, 6.45) is 1.35. The summed E-state index contributed by atoms with van der Waals surface area (Å²) in [5.41, 5.74) is 3.48. The van der Waals surface area contributed by atoms with Gasteiger partial charge in [0.25, 0.3) is 0 Å². The quantitative estimate of drug-likeness (QED) is 0.689. The largest absolute Gasteiger partial charge is 0.339 e. The molecule has 1 aliphatic rings. The van der Waals surface area contributed by atoms with Crippen LogP contribution in [0.15, 0.2) is 47.0 Å². The van der Waals surface area contributed by atoms with Crippen molar-refractivity contribution < 1.29 is 14.1 Å². The van der Waals surface area contributed by atoms with E-state index in [0.29, 0.717) is 35.4 Å². The highest BCUT2D eigenvalue weighted by Gasteiger charge is 2.22. The van der Waals surface area contributed by atoms with E-state index in [4.69, 9.17) is 16.1 Å². The number of hydrogen-bond donors (Lipinski definition) is 1. The summed E-state index contributed by atoms with van der Waals surface area (Å²) in [4.78, 5) is 30.0. The van der Waals surface area contributed by atoms with E-state index in [9.17, 15) is 9.59 Å². The second-order valence-corrected chi connectivity index (χ2v) is 7.27. The standard InChI is InChI=1S/C21H19ClN4O3/c1-13(27)26-11-10-15-12-17(6-7-18(15)26)23-19(28)8-9-20-24-21(25-29-20)14-2-4-16(22)5-3-14/h2-7,12H,8-11H2,1H3,(H,23,28). The van der Waals surface area contributed by atoms with Crippen molar-refractivity contribution in [1.29, 1.82) is 0 Å². The summed E-state index contributed by atoms with van der Waals surface area (Å²) in [5, 5.41) is 7.46. The Labute approximate surface area is 172 Å². The van der Waals surface area contributed by atoms with Crippen molar-refractivity contribution in [2.24, 2.45) is 0 Å². The number of benzene rings is 2. The van der Waals surface area contributed by atoms with Gasteiger partial charge < -0.3 is 14.7 Å². The van der Waals surface area contributed by atoms with Crippen molar-refractivity contribution >= 4 is 34.8 Å². The zero-order valence-electron chi connectivity index (χ0n) is 15.8. The van der Waals surface area contributed by atoms with Gasteiger partial charge in [0.15, 0.2) is 0 Å². The lowest BCUT2D eigenvalue weighted by Gasteiger charge is -2.15. The molecule has 2 aromatic carbocycles.